The van der Waals surface area contributed by atoms with Crippen molar-refractivity contribution in [3.05, 3.63) is 192 Å². The van der Waals surface area contributed by atoms with Crippen LogP contribution in [0.25, 0.3) is 43.1 Å². The summed E-state index contributed by atoms with van der Waals surface area (Å²) in [5.41, 5.74) is -2.70. The standard InChI is InChI=1S/C44H34O4/c45-41(43(47,37-21-17-29-9-1-5-13-33(29)25-37)38-22-18-30-10-2-6-14-34(30)26-38)42(46)44(48,39-23-19-31-11-3-7-15-35(31)27-39)40-24-20-32-12-4-8-16-36(32)28-40/h1-28,41-42,45-48H/t41-,42-/m1/s1. The highest BCUT2D eigenvalue weighted by Crippen LogP contribution is 2.44. The van der Waals surface area contributed by atoms with Gasteiger partial charge in [0.2, 0.25) is 0 Å². The third kappa shape index (κ3) is 4.86. The Bertz CT molecular complexity index is 2120. The molecule has 48 heavy (non-hydrogen) atoms. The van der Waals surface area contributed by atoms with Crippen molar-refractivity contribution in [2.24, 2.45) is 0 Å². The van der Waals surface area contributed by atoms with Gasteiger partial charge in [0.05, 0.1) is 0 Å². The van der Waals surface area contributed by atoms with E-state index in [1.165, 1.54) is 0 Å². The molecule has 0 spiro atoms. The minimum absolute atomic E-state index is 0.391. The fraction of sp³-hybridized carbons (Fsp3) is 0.0909. The Balaban J connectivity index is 1.35. The van der Waals surface area contributed by atoms with Gasteiger partial charge in [-0.3, -0.25) is 0 Å². The first-order valence-corrected chi connectivity index (χ1v) is 16.1. The van der Waals surface area contributed by atoms with Crippen LogP contribution < -0.4 is 0 Å². The summed E-state index contributed by atoms with van der Waals surface area (Å²) in [6, 6.07) is 53.3. The van der Waals surface area contributed by atoms with E-state index in [9.17, 15) is 20.4 Å². The topological polar surface area (TPSA) is 80.9 Å². The SMILES string of the molecule is O[C@H]([C@@H](O)C(O)(c1ccc2ccccc2c1)c1ccc2ccccc2c1)C(O)(c1ccc2ccccc2c1)c1ccc2ccccc2c1. The Morgan fingerprint density at radius 3 is 0.729 bits per heavy atom. The highest BCUT2D eigenvalue weighted by atomic mass is 16.4. The Morgan fingerprint density at radius 1 is 0.292 bits per heavy atom. The third-order valence-electron chi connectivity index (χ3n) is 9.91. The lowest BCUT2D eigenvalue weighted by molar-refractivity contribution is -0.166. The van der Waals surface area contributed by atoms with E-state index >= 15 is 0 Å². The van der Waals surface area contributed by atoms with Crippen LogP contribution in [-0.2, 0) is 11.2 Å². The first-order valence-electron chi connectivity index (χ1n) is 16.1. The molecule has 0 unspecified atom stereocenters. The van der Waals surface area contributed by atoms with Crippen LogP contribution in [0, 0.1) is 0 Å². The van der Waals surface area contributed by atoms with E-state index in [4.69, 9.17) is 0 Å². The zero-order valence-electron chi connectivity index (χ0n) is 26.1. The summed E-state index contributed by atoms with van der Waals surface area (Å²) in [5, 5.41) is 58.4. The maximum atomic E-state index is 13.0. The molecule has 8 rings (SSSR count). The van der Waals surface area contributed by atoms with Crippen molar-refractivity contribution in [3.63, 3.8) is 0 Å². The Kier molecular flexibility index (Phi) is 7.32. The van der Waals surface area contributed by atoms with Crippen molar-refractivity contribution in [3.8, 4) is 0 Å². The molecule has 4 nitrogen and oxygen atoms in total. The first-order chi connectivity index (χ1) is 23.4. The molecule has 0 bridgehead atoms. The highest BCUT2D eigenvalue weighted by Gasteiger charge is 2.52. The van der Waals surface area contributed by atoms with Crippen LogP contribution >= 0.6 is 0 Å². The molecule has 0 radical (unpaired) electrons. The van der Waals surface area contributed by atoms with E-state index in [0.29, 0.717) is 22.3 Å². The second-order valence-electron chi connectivity index (χ2n) is 12.7. The molecule has 8 aromatic carbocycles. The fourth-order valence-electron chi connectivity index (χ4n) is 7.18. The third-order valence-corrected chi connectivity index (χ3v) is 9.91. The minimum atomic E-state index is -2.13. The average Bonchev–Trinajstić information content (AvgIpc) is 3.15. The van der Waals surface area contributed by atoms with E-state index in [-0.39, 0.29) is 0 Å². The highest BCUT2D eigenvalue weighted by molar-refractivity contribution is 5.87. The number of hydrogen-bond acceptors (Lipinski definition) is 4. The molecule has 234 valence electrons. The molecular weight excluding hydrogens is 592 g/mol. The van der Waals surface area contributed by atoms with Crippen LogP contribution in [0.3, 0.4) is 0 Å². The first kappa shape index (κ1) is 30.0. The summed E-state index contributed by atoms with van der Waals surface area (Å²) in [6.07, 6.45) is -3.77. The number of aliphatic hydroxyl groups excluding tert-OH is 2. The molecule has 0 saturated heterocycles. The van der Waals surface area contributed by atoms with E-state index in [2.05, 4.69) is 0 Å². The molecule has 4 heteroatoms. The maximum absolute atomic E-state index is 13.0. The Hall–Kier alpha value is -5.36. The summed E-state index contributed by atoms with van der Waals surface area (Å²) >= 11 is 0. The monoisotopic (exact) mass is 626 g/mol. The Morgan fingerprint density at radius 2 is 0.500 bits per heavy atom. The number of benzene rings is 8. The van der Waals surface area contributed by atoms with E-state index in [1.54, 1.807) is 24.3 Å². The van der Waals surface area contributed by atoms with Crippen molar-refractivity contribution in [1.29, 1.82) is 0 Å². The van der Waals surface area contributed by atoms with Crippen LogP contribution in [0.1, 0.15) is 22.3 Å². The summed E-state index contributed by atoms with van der Waals surface area (Å²) < 4.78 is 0. The van der Waals surface area contributed by atoms with Crippen LogP contribution in [0.2, 0.25) is 0 Å². The quantitative estimate of drug-likeness (QED) is 0.144. The predicted octanol–water partition coefficient (Wildman–Crippen LogP) is 8.19. The molecule has 0 aliphatic rings. The van der Waals surface area contributed by atoms with Gasteiger partial charge in [0.15, 0.2) is 0 Å². The van der Waals surface area contributed by atoms with Crippen molar-refractivity contribution in [2.75, 3.05) is 0 Å². The van der Waals surface area contributed by atoms with Crippen molar-refractivity contribution in [1.82, 2.24) is 0 Å². The van der Waals surface area contributed by atoms with Gasteiger partial charge in [-0.05, 0) is 89.6 Å². The van der Waals surface area contributed by atoms with Crippen LogP contribution in [0.15, 0.2) is 170 Å². The maximum Gasteiger partial charge on any atom is 0.143 e. The largest absolute Gasteiger partial charge is 0.387 e. The summed E-state index contributed by atoms with van der Waals surface area (Å²) in [7, 11) is 0. The lowest BCUT2D eigenvalue weighted by Gasteiger charge is -2.43. The van der Waals surface area contributed by atoms with Gasteiger partial charge in [0.1, 0.15) is 23.4 Å². The number of aliphatic hydroxyl groups is 4. The molecule has 0 heterocycles. The summed E-state index contributed by atoms with van der Waals surface area (Å²) in [5.74, 6) is 0. The van der Waals surface area contributed by atoms with Gasteiger partial charge in [-0.2, -0.15) is 0 Å². The molecule has 0 amide bonds. The molecule has 0 fully saturated rings. The lowest BCUT2D eigenvalue weighted by atomic mass is 9.71. The second kappa shape index (κ2) is 11.7. The van der Waals surface area contributed by atoms with Crippen LogP contribution in [-0.4, -0.2) is 32.6 Å². The van der Waals surface area contributed by atoms with Gasteiger partial charge in [-0.25, -0.2) is 0 Å². The van der Waals surface area contributed by atoms with E-state index in [0.717, 1.165) is 43.1 Å². The summed E-state index contributed by atoms with van der Waals surface area (Å²) in [4.78, 5) is 0. The minimum Gasteiger partial charge on any atom is -0.387 e. The van der Waals surface area contributed by atoms with Gasteiger partial charge in [0, 0.05) is 0 Å². The molecule has 4 N–H and O–H groups in total. The van der Waals surface area contributed by atoms with Gasteiger partial charge in [0.25, 0.3) is 0 Å². The van der Waals surface area contributed by atoms with Gasteiger partial charge >= 0.3 is 0 Å². The molecule has 8 aromatic rings. The van der Waals surface area contributed by atoms with Gasteiger partial charge in [-0.1, -0.05) is 146 Å². The lowest BCUT2D eigenvalue weighted by Crippen LogP contribution is -2.56. The van der Waals surface area contributed by atoms with E-state index < -0.39 is 23.4 Å². The fourth-order valence-corrected chi connectivity index (χ4v) is 7.18. The smallest absolute Gasteiger partial charge is 0.143 e. The van der Waals surface area contributed by atoms with Crippen molar-refractivity contribution < 1.29 is 20.4 Å². The zero-order chi connectivity index (χ0) is 32.9. The number of fused-ring (bicyclic) bond motifs is 4. The van der Waals surface area contributed by atoms with Gasteiger partial charge in [-0.15, -0.1) is 0 Å². The average molecular weight is 627 g/mol. The summed E-state index contributed by atoms with van der Waals surface area (Å²) in [6.45, 7) is 0. The predicted molar refractivity (Wildman–Crippen MR) is 194 cm³/mol. The van der Waals surface area contributed by atoms with E-state index in [1.807, 2.05) is 146 Å². The van der Waals surface area contributed by atoms with Crippen LogP contribution in [0.5, 0.6) is 0 Å². The normalized spacial score (nSPS) is 13.7. The van der Waals surface area contributed by atoms with Crippen molar-refractivity contribution >= 4 is 43.1 Å². The molecule has 0 aromatic heterocycles. The molecule has 0 aliphatic heterocycles. The zero-order valence-corrected chi connectivity index (χ0v) is 26.1. The number of rotatable bonds is 7. The van der Waals surface area contributed by atoms with Crippen molar-refractivity contribution in [2.45, 2.75) is 23.4 Å². The second-order valence-corrected chi connectivity index (χ2v) is 12.7. The molecule has 0 saturated carbocycles. The Labute approximate surface area is 278 Å². The van der Waals surface area contributed by atoms with Crippen LogP contribution in [0.4, 0.5) is 0 Å². The number of hydrogen-bond donors (Lipinski definition) is 4. The van der Waals surface area contributed by atoms with Gasteiger partial charge < -0.3 is 20.4 Å². The molecule has 2 atom stereocenters. The molecule has 0 aliphatic carbocycles. The molecular formula is C44H34O4.